The van der Waals surface area contributed by atoms with Crippen LogP contribution in [0, 0.1) is 0 Å². The maximum absolute atomic E-state index is 11.9. The van der Waals surface area contributed by atoms with Gasteiger partial charge in [0, 0.05) is 6.42 Å². The number of alkyl halides is 3. The van der Waals surface area contributed by atoms with Gasteiger partial charge >= 0.3 is 6.18 Å². The molecule has 0 saturated heterocycles. The summed E-state index contributed by atoms with van der Waals surface area (Å²) in [5.41, 5.74) is 0. The van der Waals surface area contributed by atoms with Gasteiger partial charge in [0.2, 0.25) is 5.89 Å². The number of aryl methyl sites for hydroxylation is 1. The molecule has 0 aliphatic carbocycles. The third-order valence-corrected chi connectivity index (χ3v) is 2.17. The van der Waals surface area contributed by atoms with Crippen LogP contribution in [0.3, 0.4) is 0 Å². The van der Waals surface area contributed by atoms with E-state index in [0.29, 0.717) is 6.42 Å². The summed E-state index contributed by atoms with van der Waals surface area (Å²) in [6.07, 6.45) is -4.47. The van der Waals surface area contributed by atoms with Gasteiger partial charge in [0.25, 0.3) is 0 Å². The SMILES string of the molecule is CCCC(O)Cc1nc(CCC(F)(F)F)no1. The third kappa shape index (κ3) is 5.67. The molecule has 1 rings (SSSR count). The van der Waals surface area contributed by atoms with Crippen LogP contribution in [0.4, 0.5) is 13.2 Å². The predicted octanol–water partition coefficient (Wildman–Crippen LogP) is 2.27. The van der Waals surface area contributed by atoms with Crippen molar-refractivity contribution in [1.82, 2.24) is 10.1 Å². The minimum Gasteiger partial charge on any atom is -0.393 e. The van der Waals surface area contributed by atoms with E-state index in [1.54, 1.807) is 0 Å². The highest BCUT2D eigenvalue weighted by Crippen LogP contribution is 2.21. The molecule has 1 N–H and O–H groups in total. The molecule has 0 radical (unpaired) electrons. The average molecular weight is 252 g/mol. The van der Waals surface area contributed by atoms with Crippen molar-refractivity contribution in [2.45, 2.75) is 51.3 Å². The summed E-state index contributed by atoms with van der Waals surface area (Å²) in [6.45, 7) is 1.92. The smallest absolute Gasteiger partial charge is 0.389 e. The molecule has 1 unspecified atom stereocenters. The van der Waals surface area contributed by atoms with Gasteiger partial charge in [0.05, 0.1) is 18.9 Å². The summed E-state index contributed by atoms with van der Waals surface area (Å²) in [7, 11) is 0. The second-order valence-corrected chi connectivity index (χ2v) is 3.87. The number of hydrogen-bond donors (Lipinski definition) is 1. The second-order valence-electron chi connectivity index (χ2n) is 3.87. The molecule has 1 heterocycles. The average Bonchev–Trinajstić information content (AvgIpc) is 2.62. The molecule has 0 fully saturated rings. The fourth-order valence-corrected chi connectivity index (χ4v) is 1.36. The van der Waals surface area contributed by atoms with Gasteiger partial charge in [0.15, 0.2) is 5.82 Å². The summed E-state index contributed by atoms with van der Waals surface area (Å²) >= 11 is 0. The van der Waals surface area contributed by atoms with Gasteiger partial charge < -0.3 is 9.63 Å². The summed E-state index contributed by atoms with van der Waals surface area (Å²) in [5.74, 6) is 0.212. The van der Waals surface area contributed by atoms with Crippen molar-refractivity contribution < 1.29 is 22.8 Å². The number of rotatable bonds is 6. The predicted molar refractivity (Wildman–Crippen MR) is 53.3 cm³/mol. The van der Waals surface area contributed by atoms with E-state index in [4.69, 9.17) is 4.52 Å². The number of aromatic nitrogens is 2. The third-order valence-electron chi connectivity index (χ3n) is 2.17. The lowest BCUT2D eigenvalue weighted by Gasteiger charge is -2.04. The molecular weight excluding hydrogens is 237 g/mol. The fourth-order valence-electron chi connectivity index (χ4n) is 1.36. The molecule has 1 atom stereocenters. The number of aliphatic hydroxyl groups excluding tert-OH is 1. The normalized spacial score (nSPS) is 13.9. The highest BCUT2D eigenvalue weighted by atomic mass is 19.4. The lowest BCUT2D eigenvalue weighted by molar-refractivity contribution is -0.134. The van der Waals surface area contributed by atoms with Crippen molar-refractivity contribution in [1.29, 1.82) is 0 Å². The molecular formula is C10H15F3N2O2. The molecule has 98 valence electrons. The Labute approximate surface area is 96.8 Å². The molecule has 4 nitrogen and oxygen atoms in total. The molecule has 0 aromatic carbocycles. The first kappa shape index (κ1) is 14.0. The first-order chi connectivity index (χ1) is 7.90. The number of aliphatic hydroxyl groups is 1. The van der Waals surface area contributed by atoms with E-state index in [1.807, 2.05) is 6.92 Å². The highest BCUT2D eigenvalue weighted by Gasteiger charge is 2.27. The summed E-state index contributed by atoms with van der Waals surface area (Å²) in [5, 5.41) is 12.9. The zero-order chi connectivity index (χ0) is 12.9. The molecule has 17 heavy (non-hydrogen) atoms. The van der Waals surface area contributed by atoms with Crippen LogP contribution in [0.2, 0.25) is 0 Å². The minimum absolute atomic E-state index is 0.0287. The van der Waals surface area contributed by atoms with Gasteiger partial charge in [-0.1, -0.05) is 18.5 Å². The van der Waals surface area contributed by atoms with E-state index in [0.717, 1.165) is 6.42 Å². The molecule has 0 amide bonds. The van der Waals surface area contributed by atoms with Crippen LogP contribution in [-0.2, 0) is 12.8 Å². The van der Waals surface area contributed by atoms with Crippen LogP contribution < -0.4 is 0 Å². The van der Waals surface area contributed by atoms with E-state index in [1.165, 1.54) is 0 Å². The summed E-state index contributed by atoms with van der Waals surface area (Å²) < 4.78 is 40.6. The highest BCUT2D eigenvalue weighted by molar-refractivity contribution is 4.88. The van der Waals surface area contributed by atoms with Crippen molar-refractivity contribution >= 4 is 0 Å². The quantitative estimate of drug-likeness (QED) is 0.843. The van der Waals surface area contributed by atoms with E-state index < -0.39 is 18.7 Å². The Morgan fingerprint density at radius 1 is 1.41 bits per heavy atom. The van der Waals surface area contributed by atoms with E-state index in [9.17, 15) is 18.3 Å². The first-order valence-corrected chi connectivity index (χ1v) is 5.47. The van der Waals surface area contributed by atoms with Gasteiger partial charge in [-0.15, -0.1) is 0 Å². The Bertz CT molecular complexity index is 339. The maximum Gasteiger partial charge on any atom is 0.389 e. The standard InChI is InChI=1S/C10H15F3N2O2/c1-2-3-7(16)6-9-14-8(15-17-9)4-5-10(11,12)13/h7,16H,2-6H2,1H3. The molecule has 1 aromatic rings. The minimum atomic E-state index is -4.22. The van der Waals surface area contributed by atoms with Gasteiger partial charge in [0.1, 0.15) is 0 Å². The fraction of sp³-hybridized carbons (Fsp3) is 0.800. The van der Waals surface area contributed by atoms with Crippen LogP contribution in [0.25, 0.3) is 0 Å². The zero-order valence-electron chi connectivity index (χ0n) is 9.50. The Morgan fingerprint density at radius 2 is 2.12 bits per heavy atom. The van der Waals surface area contributed by atoms with Crippen molar-refractivity contribution in [2.24, 2.45) is 0 Å². The number of halogens is 3. The van der Waals surface area contributed by atoms with Crippen LogP contribution in [0.15, 0.2) is 4.52 Å². The molecule has 1 aromatic heterocycles. The number of hydrogen-bond acceptors (Lipinski definition) is 4. The van der Waals surface area contributed by atoms with Crippen LogP contribution >= 0.6 is 0 Å². The first-order valence-electron chi connectivity index (χ1n) is 5.47. The van der Waals surface area contributed by atoms with Crippen LogP contribution in [-0.4, -0.2) is 27.5 Å². The van der Waals surface area contributed by atoms with Crippen molar-refractivity contribution in [3.05, 3.63) is 11.7 Å². The van der Waals surface area contributed by atoms with E-state index in [-0.39, 0.29) is 24.6 Å². The Hall–Kier alpha value is -1.11. The lowest BCUT2D eigenvalue weighted by Crippen LogP contribution is -2.10. The molecule has 7 heteroatoms. The van der Waals surface area contributed by atoms with Gasteiger partial charge in [-0.3, -0.25) is 0 Å². The monoisotopic (exact) mass is 252 g/mol. The van der Waals surface area contributed by atoms with Gasteiger partial charge in [-0.25, -0.2) is 0 Å². The maximum atomic E-state index is 11.9. The molecule has 0 bridgehead atoms. The van der Waals surface area contributed by atoms with Crippen molar-refractivity contribution in [3.8, 4) is 0 Å². The van der Waals surface area contributed by atoms with Gasteiger partial charge in [-0.2, -0.15) is 18.2 Å². The van der Waals surface area contributed by atoms with E-state index in [2.05, 4.69) is 10.1 Å². The van der Waals surface area contributed by atoms with Crippen molar-refractivity contribution in [2.75, 3.05) is 0 Å². The second kappa shape index (κ2) is 6.00. The Balaban J connectivity index is 2.42. The number of nitrogens with zero attached hydrogens (tertiary/aromatic N) is 2. The van der Waals surface area contributed by atoms with Crippen LogP contribution in [0.5, 0.6) is 0 Å². The molecule has 0 saturated carbocycles. The van der Waals surface area contributed by atoms with Crippen molar-refractivity contribution in [3.63, 3.8) is 0 Å². The Morgan fingerprint density at radius 3 is 2.71 bits per heavy atom. The zero-order valence-corrected chi connectivity index (χ0v) is 9.50. The summed E-state index contributed by atoms with van der Waals surface area (Å²) in [4.78, 5) is 3.80. The molecule has 0 spiro atoms. The molecule has 0 aliphatic rings. The van der Waals surface area contributed by atoms with Crippen LogP contribution in [0.1, 0.15) is 37.9 Å². The summed E-state index contributed by atoms with van der Waals surface area (Å²) in [6, 6.07) is 0. The van der Waals surface area contributed by atoms with Gasteiger partial charge in [-0.05, 0) is 6.42 Å². The lowest BCUT2D eigenvalue weighted by atomic mass is 10.1. The Kier molecular flexibility index (Phi) is 4.92. The molecule has 0 aliphatic heterocycles. The van der Waals surface area contributed by atoms with E-state index >= 15 is 0 Å². The largest absolute Gasteiger partial charge is 0.393 e. The topological polar surface area (TPSA) is 59.2 Å².